The molecule has 0 radical (unpaired) electrons. The molecule has 2 aromatic rings. The molecule has 106 valence electrons. The Hall–Kier alpha value is -0.830. The van der Waals surface area contributed by atoms with E-state index in [0.29, 0.717) is 24.5 Å². The number of aromatic nitrogens is 3. The van der Waals surface area contributed by atoms with E-state index >= 15 is 0 Å². The number of piperidine rings is 1. The second-order valence-corrected chi connectivity index (χ2v) is 6.49. The molecule has 2 N–H and O–H groups in total. The summed E-state index contributed by atoms with van der Waals surface area (Å²) in [7, 11) is 0. The van der Waals surface area contributed by atoms with Crippen LogP contribution in [0, 0.1) is 0 Å². The molecule has 2 aromatic heterocycles. The monoisotopic (exact) mass is 402 g/mol. The molecular formula is C12H12Br2N4O2. The van der Waals surface area contributed by atoms with Crippen LogP contribution in [0.25, 0.3) is 11.5 Å². The zero-order chi connectivity index (χ0) is 14.2. The van der Waals surface area contributed by atoms with Crippen LogP contribution >= 0.6 is 31.9 Å². The Morgan fingerprint density at radius 2 is 2.25 bits per heavy atom. The van der Waals surface area contributed by atoms with Crippen LogP contribution in [0.2, 0.25) is 0 Å². The lowest BCUT2D eigenvalue weighted by Crippen LogP contribution is -2.43. The Kier molecular flexibility index (Phi) is 3.89. The fourth-order valence-electron chi connectivity index (χ4n) is 2.16. The largest absolute Gasteiger partial charge is 0.379 e. The topological polar surface area (TPSA) is 84.1 Å². The van der Waals surface area contributed by atoms with E-state index in [-0.39, 0.29) is 5.89 Å². The van der Waals surface area contributed by atoms with Crippen LogP contribution in [0.1, 0.15) is 18.7 Å². The molecule has 1 saturated heterocycles. The number of pyridine rings is 1. The zero-order valence-electron chi connectivity index (χ0n) is 10.4. The van der Waals surface area contributed by atoms with Gasteiger partial charge in [0.15, 0.2) is 5.60 Å². The highest BCUT2D eigenvalue weighted by Gasteiger charge is 2.37. The highest BCUT2D eigenvalue weighted by Crippen LogP contribution is 2.31. The zero-order valence-corrected chi connectivity index (χ0v) is 13.6. The van der Waals surface area contributed by atoms with Gasteiger partial charge in [-0.1, -0.05) is 5.16 Å². The molecule has 0 amide bonds. The third-order valence-electron chi connectivity index (χ3n) is 3.21. The van der Waals surface area contributed by atoms with Crippen molar-refractivity contribution in [3.8, 4) is 11.5 Å². The summed E-state index contributed by atoms with van der Waals surface area (Å²) in [5.41, 5.74) is -0.513. The Morgan fingerprint density at radius 1 is 1.40 bits per heavy atom. The standard InChI is InChI=1S/C12H12Br2N4O2/c13-7-4-8(14)9(16-5-7)10-17-11(20-18-10)12(19)2-1-3-15-6-12/h4-5,15,19H,1-3,6H2. The molecule has 20 heavy (non-hydrogen) atoms. The number of aliphatic hydroxyl groups is 1. The highest BCUT2D eigenvalue weighted by atomic mass is 79.9. The van der Waals surface area contributed by atoms with Crippen LogP contribution in [-0.4, -0.2) is 33.3 Å². The van der Waals surface area contributed by atoms with Crippen LogP contribution in [0.5, 0.6) is 0 Å². The van der Waals surface area contributed by atoms with Gasteiger partial charge in [-0.3, -0.25) is 4.98 Å². The first-order valence-electron chi connectivity index (χ1n) is 6.17. The van der Waals surface area contributed by atoms with Crippen LogP contribution in [0.4, 0.5) is 0 Å². The number of nitrogens with one attached hydrogen (secondary N) is 1. The Labute approximate surface area is 132 Å². The first-order chi connectivity index (χ1) is 9.58. The number of hydrogen-bond acceptors (Lipinski definition) is 6. The van der Waals surface area contributed by atoms with Crippen molar-refractivity contribution in [1.82, 2.24) is 20.4 Å². The maximum Gasteiger partial charge on any atom is 0.260 e. The molecule has 0 aliphatic carbocycles. The van der Waals surface area contributed by atoms with Crippen LogP contribution in [0.15, 0.2) is 25.7 Å². The first-order valence-corrected chi connectivity index (χ1v) is 7.76. The number of rotatable bonds is 2. The minimum Gasteiger partial charge on any atom is -0.379 e. The summed E-state index contributed by atoms with van der Waals surface area (Å²) in [4.78, 5) is 8.54. The Bertz CT molecular complexity index is 626. The van der Waals surface area contributed by atoms with Crippen LogP contribution in [-0.2, 0) is 5.60 Å². The fraction of sp³-hybridized carbons (Fsp3) is 0.417. The van der Waals surface area contributed by atoms with Gasteiger partial charge in [-0.05, 0) is 57.3 Å². The number of halogens is 2. The third-order valence-corrected chi connectivity index (χ3v) is 4.24. The van der Waals surface area contributed by atoms with Crippen molar-refractivity contribution in [3.05, 3.63) is 27.1 Å². The summed E-state index contributed by atoms with van der Waals surface area (Å²) >= 11 is 6.75. The lowest BCUT2D eigenvalue weighted by molar-refractivity contribution is -0.0167. The molecule has 8 heteroatoms. The van der Waals surface area contributed by atoms with E-state index in [4.69, 9.17) is 4.52 Å². The molecule has 0 aromatic carbocycles. The maximum absolute atomic E-state index is 10.5. The van der Waals surface area contributed by atoms with Crippen LogP contribution < -0.4 is 5.32 Å². The van der Waals surface area contributed by atoms with E-state index in [1.165, 1.54) is 0 Å². The molecule has 0 bridgehead atoms. The number of β-amino-alcohol motifs (C(OH)–C–C–N with tert-alkyl or cyclic N) is 1. The van der Waals surface area contributed by atoms with Crippen molar-refractivity contribution >= 4 is 31.9 Å². The van der Waals surface area contributed by atoms with Gasteiger partial charge in [-0.15, -0.1) is 0 Å². The molecule has 3 heterocycles. The summed E-state index contributed by atoms with van der Waals surface area (Å²) in [6.45, 7) is 1.31. The van der Waals surface area contributed by atoms with Gasteiger partial charge in [0.1, 0.15) is 5.69 Å². The minimum absolute atomic E-state index is 0.233. The molecule has 0 saturated carbocycles. The van der Waals surface area contributed by atoms with Gasteiger partial charge in [0.25, 0.3) is 5.89 Å². The van der Waals surface area contributed by atoms with Crippen LogP contribution in [0.3, 0.4) is 0 Å². The molecule has 3 rings (SSSR count). The molecule has 1 unspecified atom stereocenters. The summed E-state index contributed by atoms with van der Waals surface area (Å²) < 4.78 is 6.83. The average molecular weight is 404 g/mol. The van der Waals surface area contributed by atoms with E-state index in [1.807, 2.05) is 6.07 Å². The van der Waals surface area contributed by atoms with E-state index in [2.05, 4.69) is 52.3 Å². The lowest BCUT2D eigenvalue weighted by atomic mass is 9.94. The molecule has 1 aliphatic rings. The minimum atomic E-state index is -1.09. The van der Waals surface area contributed by atoms with Crippen molar-refractivity contribution in [1.29, 1.82) is 0 Å². The normalized spacial score (nSPS) is 22.9. The smallest absolute Gasteiger partial charge is 0.260 e. The lowest BCUT2D eigenvalue weighted by Gasteiger charge is -2.28. The summed E-state index contributed by atoms with van der Waals surface area (Å²) in [5.74, 6) is 0.592. The predicted octanol–water partition coefficient (Wildman–Crippen LogP) is 2.23. The van der Waals surface area contributed by atoms with Gasteiger partial charge in [-0.25, -0.2) is 0 Å². The van der Waals surface area contributed by atoms with Gasteiger partial charge >= 0.3 is 0 Å². The van der Waals surface area contributed by atoms with E-state index in [9.17, 15) is 5.11 Å². The van der Waals surface area contributed by atoms with Crippen molar-refractivity contribution in [3.63, 3.8) is 0 Å². The SMILES string of the molecule is OC1(c2nc(-c3ncc(Br)cc3Br)no2)CCCNC1. The van der Waals surface area contributed by atoms with E-state index < -0.39 is 5.60 Å². The average Bonchev–Trinajstić information content (AvgIpc) is 2.90. The van der Waals surface area contributed by atoms with Gasteiger partial charge in [0.2, 0.25) is 5.82 Å². The highest BCUT2D eigenvalue weighted by molar-refractivity contribution is 9.11. The third kappa shape index (κ3) is 2.65. The summed E-state index contributed by atoms with van der Waals surface area (Å²) in [5, 5.41) is 17.6. The van der Waals surface area contributed by atoms with E-state index in [1.54, 1.807) is 6.20 Å². The van der Waals surface area contributed by atoms with Gasteiger partial charge < -0.3 is 14.9 Å². The van der Waals surface area contributed by atoms with Gasteiger partial charge in [-0.2, -0.15) is 4.98 Å². The molecular weight excluding hydrogens is 392 g/mol. The maximum atomic E-state index is 10.5. The first kappa shape index (κ1) is 14.1. The predicted molar refractivity (Wildman–Crippen MR) is 78.9 cm³/mol. The van der Waals surface area contributed by atoms with Gasteiger partial charge in [0, 0.05) is 21.7 Å². The summed E-state index contributed by atoms with van der Waals surface area (Å²) in [6.07, 6.45) is 3.14. The van der Waals surface area contributed by atoms with Crippen molar-refractivity contribution in [2.45, 2.75) is 18.4 Å². The Balaban J connectivity index is 1.93. The molecule has 1 fully saturated rings. The number of hydrogen-bond donors (Lipinski definition) is 2. The van der Waals surface area contributed by atoms with Crippen molar-refractivity contribution in [2.24, 2.45) is 0 Å². The van der Waals surface area contributed by atoms with Crippen molar-refractivity contribution in [2.75, 3.05) is 13.1 Å². The molecule has 6 nitrogen and oxygen atoms in total. The van der Waals surface area contributed by atoms with E-state index in [0.717, 1.165) is 21.9 Å². The number of nitrogens with zero attached hydrogens (tertiary/aromatic N) is 3. The quantitative estimate of drug-likeness (QED) is 0.799. The molecule has 0 spiro atoms. The fourth-order valence-corrected chi connectivity index (χ4v) is 3.32. The molecule has 1 atom stereocenters. The summed E-state index contributed by atoms with van der Waals surface area (Å²) in [6, 6.07) is 1.86. The Morgan fingerprint density at radius 3 is 2.95 bits per heavy atom. The van der Waals surface area contributed by atoms with Gasteiger partial charge in [0.05, 0.1) is 0 Å². The molecule has 1 aliphatic heterocycles. The van der Waals surface area contributed by atoms with Crippen molar-refractivity contribution < 1.29 is 9.63 Å². The second-order valence-electron chi connectivity index (χ2n) is 4.72. The second kappa shape index (κ2) is 5.51.